The topological polar surface area (TPSA) is 86.8 Å². The number of nitrogens with one attached hydrogen (secondary N) is 1. The van der Waals surface area contributed by atoms with Crippen molar-refractivity contribution in [3.63, 3.8) is 0 Å². The van der Waals surface area contributed by atoms with E-state index in [1.165, 1.54) is 23.1 Å². The SMILES string of the molecule is CC[C@@H](C)NC(=O)[C@@H](C)N(Cc1ccc(Cl)cc1Cl)C(=O)CN(c1ccccc1Cl)S(=O)(=O)c1ccccc1. The van der Waals surface area contributed by atoms with Crippen molar-refractivity contribution in [2.45, 2.75) is 50.7 Å². The van der Waals surface area contributed by atoms with Gasteiger partial charge in [-0.2, -0.15) is 0 Å². The van der Waals surface area contributed by atoms with Crippen molar-refractivity contribution in [1.82, 2.24) is 10.2 Å². The molecule has 3 aromatic rings. The average Bonchev–Trinajstić information content (AvgIpc) is 2.91. The van der Waals surface area contributed by atoms with Gasteiger partial charge in [-0.15, -0.1) is 0 Å². The van der Waals surface area contributed by atoms with Crippen LogP contribution in [0.15, 0.2) is 77.7 Å². The van der Waals surface area contributed by atoms with Gasteiger partial charge in [-0.1, -0.05) is 78.1 Å². The second-order valence-electron chi connectivity index (χ2n) is 9.03. The van der Waals surface area contributed by atoms with Gasteiger partial charge in [0.2, 0.25) is 11.8 Å². The lowest BCUT2D eigenvalue weighted by Crippen LogP contribution is -2.52. The second kappa shape index (κ2) is 13.5. The average molecular weight is 611 g/mol. The number of rotatable bonds is 11. The Morgan fingerprint density at radius 3 is 2.15 bits per heavy atom. The molecule has 0 heterocycles. The summed E-state index contributed by atoms with van der Waals surface area (Å²) in [5.41, 5.74) is 0.686. The molecule has 0 aliphatic rings. The van der Waals surface area contributed by atoms with Gasteiger partial charge in [0.15, 0.2) is 0 Å². The van der Waals surface area contributed by atoms with E-state index < -0.39 is 28.5 Å². The zero-order valence-electron chi connectivity index (χ0n) is 21.8. The first-order chi connectivity index (χ1) is 18.4. The summed E-state index contributed by atoms with van der Waals surface area (Å²) >= 11 is 18.8. The Kier molecular flexibility index (Phi) is 10.7. The van der Waals surface area contributed by atoms with E-state index in [4.69, 9.17) is 34.8 Å². The van der Waals surface area contributed by atoms with Crippen LogP contribution in [0.1, 0.15) is 32.8 Å². The maximum atomic E-state index is 13.9. The maximum absolute atomic E-state index is 13.9. The van der Waals surface area contributed by atoms with Crippen LogP contribution in [0.2, 0.25) is 15.1 Å². The Morgan fingerprint density at radius 1 is 0.897 bits per heavy atom. The van der Waals surface area contributed by atoms with Gasteiger partial charge >= 0.3 is 0 Å². The predicted molar refractivity (Wildman–Crippen MR) is 157 cm³/mol. The van der Waals surface area contributed by atoms with Gasteiger partial charge in [-0.3, -0.25) is 13.9 Å². The number of carbonyl (C=O) groups excluding carboxylic acids is 2. The monoisotopic (exact) mass is 609 g/mol. The molecule has 3 rings (SSSR count). The van der Waals surface area contributed by atoms with E-state index in [0.717, 1.165) is 4.31 Å². The molecular weight excluding hydrogens is 581 g/mol. The highest BCUT2D eigenvalue weighted by molar-refractivity contribution is 7.92. The van der Waals surface area contributed by atoms with E-state index in [0.29, 0.717) is 22.0 Å². The third kappa shape index (κ3) is 7.66. The molecule has 0 bridgehead atoms. The molecule has 0 saturated heterocycles. The smallest absolute Gasteiger partial charge is 0.264 e. The van der Waals surface area contributed by atoms with E-state index in [9.17, 15) is 18.0 Å². The highest BCUT2D eigenvalue weighted by Gasteiger charge is 2.33. The molecule has 208 valence electrons. The van der Waals surface area contributed by atoms with E-state index in [-0.39, 0.29) is 34.1 Å². The quantitative estimate of drug-likeness (QED) is 0.281. The van der Waals surface area contributed by atoms with Crippen LogP contribution in [0.25, 0.3) is 0 Å². The van der Waals surface area contributed by atoms with Crippen molar-refractivity contribution >= 4 is 62.3 Å². The fourth-order valence-electron chi connectivity index (χ4n) is 3.77. The van der Waals surface area contributed by atoms with Crippen LogP contribution >= 0.6 is 34.8 Å². The first kappa shape index (κ1) is 30.8. The highest BCUT2D eigenvalue weighted by Crippen LogP contribution is 2.31. The molecule has 7 nitrogen and oxygen atoms in total. The summed E-state index contributed by atoms with van der Waals surface area (Å²) in [5, 5.41) is 3.77. The number of hydrogen-bond acceptors (Lipinski definition) is 4. The molecule has 0 aliphatic carbocycles. The molecule has 0 saturated carbocycles. The van der Waals surface area contributed by atoms with Crippen LogP contribution in [0.5, 0.6) is 0 Å². The van der Waals surface area contributed by atoms with E-state index in [2.05, 4.69) is 5.32 Å². The number of amides is 2. The second-order valence-corrected chi connectivity index (χ2v) is 12.1. The molecule has 0 radical (unpaired) electrons. The van der Waals surface area contributed by atoms with Crippen molar-refractivity contribution in [2.24, 2.45) is 0 Å². The first-order valence-corrected chi connectivity index (χ1v) is 14.9. The number of hydrogen-bond donors (Lipinski definition) is 1. The molecule has 0 fully saturated rings. The Morgan fingerprint density at radius 2 is 1.54 bits per heavy atom. The van der Waals surface area contributed by atoms with Gasteiger partial charge in [-0.05, 0) is 62.2 Å². The summed E-state index contributed by atoms with van der Waals surface area (Å²) in [6.07, 6.45) is 0.699. The van der Waals surface area contributed by atoms with Gasteiger partial charge in [0.1, 0.15) is 12.6 Å². The van der Waals surface area contributed by atoms with Crippen LogP contribution in [-0.2, 0) is 26.2 Å². The van der Waals surface area contributed by atoms with Crippen molar-refractivity contribution in [3.05, 3.63) is 93.4 Å². The molecule has 0 unspecified atom stereocenters. The van der Waals surface area contributed by atoms with Gasteiger partial charge in [0, 0.05) is 22.6 Å². The number of sulfonamides is 1. The molecule has 0 aliphatic heterocycles. The molecule has 1 N–H and O–H groups in total. The van der Waals surface area contributed by atoms with Crippen LogP contribution in [-0.4, -0.2) is 43.8 Å². The Balaban J connectivity index is 2.05. The summed E-state index contributed by atoms with van der Waals surface area (Å²) in [4.78, 5) is 28.3. The number of halogens is 3. The Labute approximate surface area is 244 Å². The zero-order chi connectivity index (χ0) is 28.7. The van der Waals surface area contributed by atoms with Gasteiger partial charge < -0.3 is 10.2 Å². The summed E-state index contributed by atoms with van der Waals surface area (Å²) in [6.45, 7) is 4.73. The van der Waals surface area contributed by atoms with E-state index in [1.54, 1.807) is 61.5 Å². The number of carbonyl (C=O) groups is 2. The summed E-state index contributed by atoms with van der Waals surface area (Å²) in [5.74, 6) is -0.995. The first-order valence-electron chi connectivity index (χ1n) is 12.3. The lowest BCUT2D eigenvalue weighted by Gasteiger charge is -2.32. The molecule has 2 atom stereocenters. The molecule has 39 heavy (non-hydrogen) atoms. The maximum Gasteiger partial charge on any atom is 0.264 e. The Bertz CT molecular complexity index is 1420. The molecule has 2 amide bonds. The Hall–Kier alpha value is -2.78. The third-order valence-corrected chi connectivity index (χ3v) is 8.94. The lowest BCUT2D eigenvalue weighted by molar-refractivity contribution is -0.139. The van der Waals surface area contributed by atoms with Crippen molar-refractivity contribution in [1.29, 1.82) is 0 Å². The van der Waals surface area contributed by atoms with Crippen molar-refractivity contribution in [2.75, 3.05) is 10.8 Å². The summed E-state index contributed by atoms with van der Waals surface area (Å²) < 4.78 is 28.5. The zero-order valence-corrected chi connectivity index (χ0v) is 24.9. The molecule has 0 aromatic heterocycles. The minimum atomic E-state index is -4.20. The fourth-order valence-corrected chi connectivity index (χ4v) is 5.98. The minimum absolute atomic E-state index is 0.00687. The molecule has 0 spiro atoms. The van der Waals surface area contributed by atoms with Gasteiger partial charge in [0.25, 0.3) is 10.0 Å². The van der Waals surface area contributed by atoms with Crippen molar-refractivity contribution < 1.29 is 18.0 Å². The van der Waals surface area contributed by atoms with Crippen LogP contribution < -0.4 is 9.62 Å². The molecule has 11 heteroatoms. The number of para-hydroxylation sites is 1. The predicted octanol–water partition coefficient (Wildman–Crippen LogP) is 6.17. The van der Waals surface area contributed by atoms with Gasteiger partial charge in [0.05, 0.1) is 15.6 Å². The van der Waals surface area contributed by atoms with Crippen LogP contribution in [0.4, 0.5) is 5.69 Å². The minimum Gasteiger partial charge on any atom is -0.352 e. The third-order valence-electron chi connectivity index (χ3n) is 6.26. The largest absolute Gasteiger partial charge is 0.352 e. The van der Waals surface area contributed by atoms with Crippen molar-refractivity contribution in [3.8, 4) is 0 Å². The standard InChI is InChI=1S/C28H30Cl3N3O4S/c1-4-19(2)32-28(36)20(3)33(17-21-14-15-22(29)16-25(21)31)27(35)18-34(26-13-9-8-12-24(26)30)39(37,38)23-10-6-5-7-11-23/h5-16,19-20H,4,17-18H2,1-3H3,(H,32,36)/t19-,20-/m1/s1. The fraction of sp³-hybridized carbons (Fsp3) is 0.286. The molecule has 3 aromatic carbocycles. The van der Waals surface area contributed by atoms with E-state index in [1.807, 2.05) is 13.8 Å². The highest BCUT2D eigenvalue weighted by atomic mass is 35.5. The molecular formula is C28H30Cl3N3O4S. The summed E-state index contributed by atoms with van der Waals surface area (Å²) in [7, 11) is -4.20. The number of anilines is 1. The normalized spacial score (nSPS) is 12.9. The summed E-state index contributed by atoms with van der Waals surface area (Å²) in [6, 6.07) is 17.9. The van der Waals surface area contributed by atoms with E-state index >= 15 is 0 Å². The lowest BCUT2D eigenvalue weighted by atomic mass is 10.1. The van der Waals surface area contributed by atoms with Crippen LogP contribution in [0.3, 0.4) is 0 Å². The number of nitrogens with zero attached hydrogens (tertiary/aromatic N) is 2. The van der Waals surface area contributed by atoms with Gasteiger partial charge in [-0.25, -0.2) is 8.42 Å². The number of benzene rings is 3. The van der Waals surface area contributed by atoms with Crippen LogP contribution in [0, 0.1) is 0 Å².